The lowest BCUT2D eigenvalue weighted by Gasteiger charge is -2.27. The summed E-state index contributed by atoms with van der Waals surface area (Å²) in [7, 11) is 1.84. The topological polar surface area (TPSA) is 91.1 Å². The van der Waals surface area contributed by atoms with Crippen molar-refractivity contribution in [3.05, 3.63) is 29.8 Å². The highest BCUT2D eigenvalue weighted by Crippen LogP contribution is 2.26. The summed E-state index contributed by atoms with van der Waals surface area (Å²) in [5, 5.41) is 21.6. The van der Waals surface area contributed by atoms with E-state index in [1.165, 1.54) is 18.5 Å². The summed E-state index contributed by atoms with van der Waals surface area (Å²) in [6.07, 6.45) is 5.57. The monoisotopic (exact) mass is 371 g/mol. The highest BCUT2D eigenvalue weighted by atomic mass is 16.3. The molecule has 8 nitrogen and oxygen atoms in total. The van der Waals surface area contributed by atoms with Crippen molar-refractivity contribution < 1.29 is 5.11 Å². The summed E-state index contributed by atoms with van der Waals surface area (Å²) in [5.74, 6) is 1.63. The number of hydrogen-bond acceptors (Lipinski definition) is 7. The Kier molecular flexibility index (Phi) is 5.27. The van der Waals surface area contributed by atoms with Gasteiger partial charge in [-0.1, -0.05) is 0 Å². The van der Waals surface area contributed by atoms with Crippen molar-refractivity contribution in [1.29, 1.82) is 0 Å². The average Bonchev–Trinajstić information content (AvgIpc) is 3.29. The van der Waals surface area contributed by atoms with Gasteiger partial charge in [0.25, 0.3) is 0 Å². The molecular formula is C19H29N7O. The Hall–Kier alpha value is -2.19. The predicted molar refractivity (Wildman–Crippen MR) is 105 cm³/mol. The van der Waals surface area contributed by atoms with Crippen LogP contribution in [0, 0.1) is 0 Å². The van der Waals surface area contributed by atoms with Crippen LogP contribution in [-0.2, 0) is 13.0 Å². The van der Waals surface area contributed by atoms with Gasteiger partial charge in [-0.25, -0.2) is 9.97 Å². The van der Waals surface area contributed by atoms with Crippen molar-refractivity contribution in [1.82, 2.24) is 25.1 Å². The minimum atomic E-state index is -0.333. The molecular weight excluding hydrogens is 342 g/mol. The first-order valence-electron chi connectivity index (χ1n) is 9.88. The summed E-state index contributed by atoms with van der Waals surface area (Å²) in [6.45, 7) is 4.57. The van der Waals surface area contributed by atoms with Gasteiger partial charge in [0.2, 0.25) is 0 Å². The van der Waals surface area contributed by atoms with Crippen LogP contribution in [0.4, 0.5) is 11.6 Å². The van der Waals surface area contributed by atoms with E-state index in [-0.39, 0.29) is 18.2 Å². The fourth-order valence-electron chi connectivity index (χ4n) is 4.08. The lowest BCUT2D eigenvalue weighted by molar-refractivity contribution is 0.193. The number of nitrogens with one attached hydrogen (secondary N) is 2. The SMILES string of the molecule is CNc1cc(N2C[C@H](O)C[C@@H]2CNC(C)c2cc3n(n2)CCCC3)ncn1. The van der Waals surface area contributed by atoms with Crippen molar-refractivity contribution in [2.75, 3.05) is 30.4 Å². The fourth-order valence-corrected chi connectivity index (χ4v) is 4.08. The molecule has 2 aromatic rings. The number of β-amino-alcohol motifs (C(OH)–C–C–N with tert-alkyl or cyclic N) is 1. The normalized spacial score (nSPS) is 23.3. The van der Waals surface area contributed by atoms with E-state index < -0.39 is 0 Å². The third-order valence-electron chi connectivity index (χ3n) is 5.63. The zero-order valence-electron chi connectivity index (χ0n) is 16.1. The molecule has 3 atom stereocenters. The highest BCUT2D eigenvalue weighted by molar-refractivity contribution is 5.50. The third-order valence-corrected chi connectivity index (χ3v) is 5.63. The molecule has 0 saturated carbocycles. The summed E-state index contributed by atoms with van der Waals surface area (Å²) in [4.78, 5) is 10.8. The van der Waals surface area contributed by atoms with Crippen LogP contribution >= 0.6 is 0 Å². The second kappa shape index (κ2) is 7.82. The smallest absolute Gasteiger partial charge is 0.134 e. The number of aromatic nitrogens is 4. The van der Waals surface area contributed by atoms with Gasteiger partial charge >= 0.3 is 0 Å². The Morgan fingerprint density at radius 2 is 2.19 bits per heavy atom. The first-order valence-corrected chi connectivity index (χ1v) is 9.88. The van der Waals surface area contributed by atoms with Crippen molar-refractivity contribution >= 4 is 11.6 Å². The molecule has 1 saturated heterocycles. The largest absolute Gasteiger partial charge is 0.391 e. The minimum Gasteiger partial charge on any atom is -0.391 e. The molecule has 8 heteroatoms. The van der Waals surface area contributed by atoms with E-state index in [4.69, 9.17) is 5.10 Å². The fraction of sp³-hybridized carbons (Fsp3) is 0.632. The van der Waals surface area contributed by atoms with Crippen LogP contribution in [0.25, 0.3) is 0 Å². The zero-order chi connectivity index (χ0) is 18.8. The number of aliphatic hydroxyl groups is 1. The molecule has 1 fully saturated rings. The lowest BCUT2D eigenvalue weighted by atomic mass is 10.1. The number of aryl methyl sites for hydroxylation is 2. The molecule has 2 aliphatic rings. The molecule has 4 heterocycles. The maximum Gasteiger partial charge on any atom is 0.134 e. The average molecular weight is 371 g/mol. The molecule has 3 N–H and O–H groups in total. The molecule has 0 spiro atoms. The quantitative estimate of drug-likeness (QED) is 0.706. The van der Waals surface area contributed by atoms with Gasteiger partial charge in [-0.3, -0.25) is 4.68 Å². The van der Waals surface area contributed by atoms with Gasteiger partial charge in [0.1, 0.15) is 18.0 Å². The van der Waals surface area contributed by atoms with Gasteiger partial charge in [0, 0.05) is 50.5 Å². The Bertz CT molecular complexity index is 754. The first kappa shape index (κ1) is 18.2. The van der Waals surface area contributed by atoms with E-state index in [9.17, 15) is 5.11 Å². The van der Waals surface area contributed by atoms with E-state index in [2.05, 4.69) is 43.2 Å². The second-order valence-corrected chi connectivity index (χ2v) is 7.58. The number of hydrogen-bond donors (Lipinski definition) is 3. The van der Waals surface area contributed by atoms with Gasteiger partial charge < -0.3 is 20.6 Å². The molecule has 27 heavy (non-hydrogen) atoms. The molecule has 0 radical (unpaired) electrons. The molecule has 146 valence electrons. The van der Waals surface area contributed by atoms with Crippen molar-refractivity contribution in [3.8, 4) is 0 Å². The summed E-state index contributed by atoms with van der Waals surface area (Å²) >= 11 is 0. The van der Waals surface area contributed by atoms with E-state index in [1.54, 1.807) is 6.33 Å². The number of fused-ring (bicyclic) bond motifs is 1. The number of anilines is 2. The Morgan fingerprint density at radius 1 is 1.30 bits per heavy atom. The van der Waals surface area contributed by atoms with Crippen LogP contribution in [0.15, 0.2) is 18.5 Å². The Labute approximate surface area is 160 Å². The van der Waals surface area contributed by atoms with E-state index in [1.807, 2.05) is 13.1 Å². The van der Waals surface area contributed by atoms with Gasteiger partial charge in [0.15, 0.2) is 0 Å². The minimum absolute atomic E-state index is 0.181. The van der Waals surface area contributed by atoms with Crippen LogP contribution in [0.1, 0.15) is 43.6 Å². The van der Waals surface area contributed by atoms with E-state index in [0.717, 1.165) is 43.3 Å². The van der Waals surface area contributed by atoms with Crippen molar-refractivity contribution in [2.45, 2.75) is 57.3 Å². The summed E-state index contributed by atoms with van der Waals surface area (Å²) < 4.78 is 2.16. The Morgan fingerprint density at radius 3 is 3.00 bits per heavy atom. The summed E-state index contributed by atoms with van der Waals surface area (Å²) in [5.41, 5.74) is 2.46. The van der Waals surface area contributed by atoms with Crippen molar-refractivity contribution in [3.63, 3.8) is 0 Å². The number of rotatable bonds is 6. The molecule has 4 rings (SSSR count). The molecule has 2 aromatic heterocycles. The first-order chi connectivity index (χ1) is 13.1. The van der Waals surface area contributed by atoms with Gasteiger partial charge in [0.05, 0.1) is 11.8 Å². The van der Waals surface area contributed by atoms with Gasteiger partial charge in [-0.05, 0) is 38.7 Å². The number of aliphatic hydroxyl groups excluding tert-OH is 1. The molecule has 0 bridgehead atoms. The third kappa shape index (κ3) is 3.91. The van der Waals surface area contributed by atoms with Crippen LogP contribution in [0.2, 0.25) is 0 Å². The maximum absolute atomic E-state index is 10.2. The highest BCUT2D eigenvalue weighted by Gasteiger charge is 2.32. The van der Waals surface area contributed by atoms with Gasteiger partial charge in [-0.2, -0.15) is 5.10 Å². The lowest BCUT2D eigenvalue weighted by Crippen LogP contribution is -2.39. The van der Waals surface area contributed by atoms with Crippen LogP contribution in [-0.4, -0.2) is 57.1 Å². The van der Waals surface area contributed by atoms with Crippen LogP contribution < -0.4 is 15.5 Å². The van der Waals surface area contributed by atoms with Crippen LogP contribution in [0.5, 0.6) is 0 Å². The van der Waals surface area contributed by atoms with Crippen LogP contribution in [0.3, 0.4) is 0 Å². The standard InChI is InChI=1S/C19H29N7O/c1-13(17-8-14-5-3-4-6-26(14)24-17)21-10-15-7-16(27)11-25(15)19-9-18(20-2)22-12-23-19/h8-9,12-13,15-16,21,27H,3-7,10-11H2,1-2H3,(H,20,22,23)/t13?,15-,16-/m1/s1. The molecule has 2 aliphatic heterocycles. The van der Waals surface area contributed by atoms with Gasteiger partial charge in [-0.15, -0.1) is 0 Å². The predicted octanol–water partition coefficient (Wildman–Crippen LogP) is 1.34. The zero-order valence-corrected chi connectivity index (χ0v) is 16.1. The molecule has 0 aliphatic carbocycles. The van der Waals surface area contributed by atoms with Crippen molar-refractivity contribution in [2.24, 2.45) is 0 Å². The summed E-state index contributed by atoms with van der Waals surface area (Å²) in [6, 6.07) is 4.54. The maximum atomic E-state index is 10.2. The molecule has 1 unspecified atom stereocenters. The van der Waals surface area contributed by atoms with E-state index >= 15 is 0 Å². The molecule has 0 aromatic carbocycles. The molecule has 0 amide bonds. The number of nitrogens with zero attached hydrogens (tertiary/aromatic N) is 5. The second-order valence-electron chi connectivity index (χ2n) is 7.58. The van der Waals surface area contributed by atoms with E-state index in [0.29, 0.717) is 6.54 Å². The Balaban J connectivity index is 1.42.